The Morgan fingerprint density at radius 3 is 2.38 bits per heavy atom. The van der Waals surface area contributed by atoms with Crippen LogP contribution in [0.3, 0.4) is 0 Å². The highest BCUT2D eigenvalue weighted by Crippen LogP contribution is 2.30. The molecule has 1 aliphatic rings. The van der Waals surface area contributed by atoms with E-state index in [1.165, 1.54) is 0 Å². The molecule has 0 spiro atoms. The van der Waals surface area contributed by atoms with Crippen molar-refractivity contribution < 1.29 is 13.2 Å². The summed E-state index contributed by atoms with van der Waals surface area (Å²) >= 11 is 0. The van der Waals surface area contributed by atoms with Crippen LogP contribution in [-0.2, 0) is 6.18 Å². The third kappa shape index (κ3) is 2.28. The molecule has 0 saturated carbocycles. The van der Waals surface area contributed by atoms with Crippen molar-refractivity contribution >= 4 is 5.82 Å². The van der Waals surface area contributed by atoms with Gasteiger partial charge in [-0.2, -0.15) is 13.2 Å². The minimum Gasteiger partial charge on any atom is -0.357 e. The van der Waals surface area contributed by atoms with E-state index in [0.29, 0.717) is 11.4 Å². The minimum atomic E-state index is -4.36. The van der Waals surface area contributed by atoms with Crippen molar-refractivity contribution in [2.75, 3.05) is 18.0 Å². The average molecular weight is 230 g/mol. The number of pyridine rings is 1. The molecular weight excluding hydrogens is 217 g/mol. The standard InChI is InChI=1S/C11H13F3N2/c1-8-6-9(11(12,13)14)15-10(7-8)16-4-2-3-5-16/h6-7H,2-5H2,1H3. The van der Waals surface area contributed by atoms with Crippen LogP contribution >= 0.6 is 0 Å². The summed E-state index contributed by atoms with van der Waals surface area (Å²) in [6, 6.07) is 2.79. The lowest BCUT2D eigenvalue weighted by atomic mass is 10.2. The first-order valence-corrected chi connectivity index (χ1v) is 5.27. The van der Waals surface area contributed by atoms with Crippen molar-refractivity contribution in [1.29, 1.82) is 0 Å². The van der Waals surface area contributed by atoms with Gasteiger partial charge in [0.2, 0.25) is 0 Å². The Morgan fingerprint density at radius 1 is 1.19 bits per heavy atom. The monoisotopic (exact) mass is 230 g/mol. The molecule has 16 heavy (non-hydrogen) atoms. The second-order valence-corrected chi connectivity index (χ2v) is 4.08. The molecule has 2 nitrogen and oxygen atoms in total. The molecule has 88 valence electrons. The predicted octanol–water partition coefficient (Wildman–Crippen LogP) is 3.01. The largest absolute Gasteiger partial charge is 0.433 e. The van der Waals surface area contributed by atoms with Gasteiger partial charge in [-0.05, 0) is 37.5 Å². The van der Waals surface area contributed by atoms with Gasteiger partial charge in [0.1, 0.15) is 11.5 Å². The molecule has 5 heteroatoms. The summed E-state index contributed by atoms with van der Waals surface area (Å²) in [6.45, 7) is 3.26. The van der Waals surface area contributed by atoms with Gasteiger partial charge in [0.25, 0.3) is 0 Å². The highest BCUT2D eigenvalue weighted by molar-refractivity contribution is 5.43. The summed E-state index contributed by atoms with van der Waals surface area (Å²) in [5.41, 5.74) is -0.196. The van der Waals surface area contributed by atoms with Gasteiger partial charge in [0.05, 0.1) is 0 Å². The Kier molecular flexibility index (Phi) is 2.78. The van der Waals surface area contributed by atoms with Gasteiger partial charge in [-0.25, -0.2) is 4.98 Å². The Balaban J connectivity index is 2.35. The number of hydrogen-bond donors (Lipinski definition) is 0. The normalized spacial score (nSPS) is 16.9. The van der Waals surface area contributed by atoms with Gasteiger partial charge in [-0.3, -0.25) is 0 Å². The van der Waals surface area contributed by atoms with E-state index >= 15 is 0 Å². The number of halogens is 3. The molecule has 1 fully saturated rings. The third-order valence-corrected chi connectivity index (χ3v) is 2.68. The van der Waals surface area contributed by atoms with E-state index < -0.39 is 11.9 Å². The topological polar surface area (TPSA) is 16.1 Å². The fourth-order valence-corrected chi connectivity index (χ4v) is 1.90. The smallest absolute Gasteiger partial charge is 0.357 e. The highest BCUT2D eigenvalue weighted by atomic mass is 19.4. The van der Waals surface area contributed by atoms with Gasteiger partial charge in [-0.15, -0.1) is 0 Å². The average Bonchev–Trinajstić information content (AvgIpc) is 2.68. The summed E-state index contributed by atoms with van der Waals surface area (Å²) < 4.78 is 37.7. The zero-order valence-electron chi connectivity index (χ0n) is 9.01. The third-order valence-electron chi connectivity index (χ3n) is 2.68. The first-order valence-electron chi connectivity index (χ1n) is 5.27. The highest BCUT2D eigenvalue weighted by Gasteiger charge is 2.33. The Bertz CT molecular complexity index is 381. The first kappa shape index (κ1) is 11.2. The van der Waals surface area contributed by atoms with Crippen LogP contribution in [0.2, 0.25) is 0 Å². The van der Waals surface area contributed by atoms with Crippen molar-refractivity contribution in [3.8, 4) is 0 Å². The summed E-state index contributed by atoms with van der Waals surface area (Å²) in [7, 11) is 0. The zero-order chi connectivity index (χ0) is 11.8. The number of anilines is 1. The van der Waals surface area contributed by atoms with E-state index in [0.717, 1.165) is 32.0 Å². The van der Waals surface area contributed by atoms with Crippen molar-refractivity contribution in [2.45, 2.75) is 25.9 Å². The molecule has 0 aliphatic carbocycles. The van der Waals surface area contributed by atoms with Gasteiger partial charge in [0, 0.05) is 13.1 Å². The molecule has 0 aromatic carbocycles. The summed E-state index contributed by atoms with van der Waals surface area (Å²) in [6.07, 6.45) is -2.31. The molecule has 2 heterocycles. The van der Waals surface area contributed by atoms with Crippen LogP contribution in [0.15, 0.2) is 12.1 Å². The fraction of sp³-hybridized carbons (Fsp3) is 0.545. The maximum atomic E-state index is 12.6. The van der Waals surface area contributed by atoms with E-state index in [1.54, 1.807) is 13.0 Å². The van der Waals surface area contributed by atoms with Crippen LogP contribution in [0, 0.1) is 6.92 Å². The van der Waals surface area contributed by atoms with Crippen molar-refractivity contribution in [3.05, 3.63) is 23.4 Å². The van der Waals surface area contributed by atoms with E-state index in [4.69, 9.17) is 0 Å². The maximum Gasteiger partial charge on any atom is 0.433 e. The number of aromatic nitrogens is 1. The van der Waals surface area contributed by atoms with Crippen LogP contribution in [-0.4, -0.2) is 18.1 Å². The molecule has 0 atom stereocenters. The van der Waals surface area contributed by atoms with Crippen molar-refractivity contribution in [2.24, 2.45) is 0 Å². The molecular formula is C11H13F3N2. The van der Waals surface area contributed by atoms with Crippen molar-refractivity contribution in [1.82, 2.24) is 4.98 Å². The lowest BCUT2D eigenvalue weighted by molar-refractivity contribution is -0.141. The molecule has 0 radical (unpaired) electrons. The van der Waals surface area contributed by atoms with Crippen molar-refractivity contribution in [3.63, 3.8) is 0 Å². The summed E-state index contributed by atoms with van der Waals surface area (Å²) in [5.74, 6) is 0.449. The van der Waals surface area contributed by atoms with Crippen LogP contribution in [0.25, 0.3) is 0 Å². The lowest BCUT2D eigenvalue weighted by Gasteiger charge is -2.18. The molecule has 1 saturated heterocycles. The Morgan fingerprint density at radius 2 is 1.81 bits per heavy atom. The molecule has 0 unspecified atom stereocenters. The lowest BCUT2D eigenvalue weighted by Crippen LogP contribution is -2.21. The van der Waals surface area contributed by atoms with Crippen LogP contribution in [0.4, 0.5) is 19.0 Å². The SMILES string of the molecule is Cc1cc(N2CCCC2)nc(C(F)(F)F)c1. The summed E-state index contributed by atoms with van der Waals surface area (Å²) in [5, 5.41) is 0. The molecule has 1 aromatic rings. The van der Waals surface area contributed by atoms with E-state index in [-0.39, 0.29) is 0 Å². The summed E-state index contributed by atoms with van der Waals surface area (Å²) in [4.78, 5) is 5.59. The number of aryl methyl sites for hydroxylation is 1. The second-order valence-electron chi connectivity index (χ2n) is 4.08. The first-order chi connectivity index (χ1) is 7.47. The molecule has 2 rings (SSSR count). The number of nitrogens with zero attached hydrogens (tertiary/aromatic N) is 2. The van der Waals surface area contributed by atoms with Crippen LogP contribution < -0.4 is 4.90 Å². The van der Waals surface area contributed by atoms with Crippen LogP contribution in [0.5, 0.6) is 0 Å². The second kappa shape index (κ2) is 3.96. The quantitative estimate of drug-likeness (QED) is 0.737. The molecule has 0 bridgehead atoms. The van der Waals surface area contributed by atoms with Gasteiger partial charge >= 0.3 is 6.18 Å². The number of hydrogen-bond acceptors (Lipinski definition) is 2. The Hall–Kier alpha value is -1.26. The minimum absolute atomic E-state index is 0.449. The number of alkyl halides is 3. The van der Waals surface area contributed by atoms with Gasteiger partial charge < -0.3 is 4.90 Å². The fourth-order valence-electron chi connectivity index (χ4n) is 1.90. The Labute approximate surface area is 92.1 Å². The van der Waals surface area contributed by atoms with Gasteiger partial charge in [0.15, 0.2) is 0 Å². The molecule has 1 aromatic heterocycles. The number of rotatable bonds is 1. The zero-order valence-corrected chi connectivity index (χ0v) is 9.01. The molecule has 0 N–H and O–H groups in total. The van der Waals surface area contributed by atoms with Gasteiger partial charge in [-0.1, -0.05) is 0 Å². The molecule has 0 amide bonds. The predicted molar refractivity (Wildman–Crippen MR) is 55.4 cm³/mol. The van der Waals surface area contributed by atoms with E-state index in [2.05, 4.69) is 4.98 Å². The maximum absolute atomic E-state index is 12.6. The van der Waals surface area contributed by atoms with E-state index in [1.807, 2.05) is 4.90 Å². The van der Waals surface area contributed by atoms with E-state index in [9.17, 15) is 13.2 Å². The van der Waals surface area contributed by atoms with Crippen LogP contribution in [0.1, 0.15) is 24.1 Å². The molecule has 1 aliphatic heterocycles.